The average Bonchev–Trinajstić information content (AvgIpc) is 2.77. The van der Waals surface area contributed by atoms with Crippen LogP contribution in [-0.2, 0) is 28.6 Å². The number of carbonyl (C=O) groups excluding carboxylic acids is 3. The van der Waals surface area contributed by atoms with Crippen LogP contribution in [0.4, 0.5) is 0 Å². The minimum Gasteiger partial charge on any atom is -0.458 e. The molecule has 3 aliphatic rings. The quantitative estimate of drug-likeness (QED) is 0.656. The molecule has 1 saturated carbocycles. The fraction of sp³-hybridized carbons (Fsp3) is 0.400. The molecule has 2 aromatic carbocycles. The topological polar surface area (TPSA) is 97.4 Å². The molecule has 5 rings (SSSR count). The van der Waals surface area contributed by atoms with Crippen LogP contribution in [0.5, 0.6) is 11.5 Å². The lowest BCUT2D eigenvalue weighted by Crippen LogP contribution is -2.67. The van der Waals surface area contributed by atoms with E-state index in [0.717, 1.165) is 10.8 Å². The Morgan fingerprint density at radius 3 is 2.18 bits per heavy atom. The van der Waals surface area contributed by atoms with E-state index in [9.17, 15) is 14.4 Å². The Labute approximate surface area is 190 Å². The van der Waals surface area contributed by atoms with Crippen molar-refractivity contribution in [2.45, 2.75) is 44.4 Å². The molecule has 2 aliphatic carbocycles. The Morgan fingerprint density at radius 2 is 1.61 bits per heavy atom. The van der Waals surface area contributed by atoms with E-state index in [1.807, 2.05) is 36.4 Å². The standard InChI is InChI=1S/C25H24O8/c1-13(26)30-20-12-19(29-3)22-16(28)10-11-25(23(22)24(20)31-14(2)27)32-17-8-4-6-15-7-5-9-18(33-25)21(15)17/h4-11,19-20,22-24H,12H2,1-3H3/t19-,20-,22-,23-,24-/m0/s1. The highest BCUT2D eigenvalue weighted by atomic mass is 16.7. The minimum atomic E-state index is -1.48. The number of hydrogen-bond donors (Lipinski definition) is 0. The smallest absolute Gasteiger partial charge is 0.303 e. The van der Waals surface area contributed by atoms with Crippen molar-refractivity contribution in [1.29, 1.82) is 0 Å². The van der Waals surface area contributed by atoms with Crippen molar-refractivity contribution < 1.29 is 38.1 Å². The van der Waals surface area contributed by atoms with Gasteiger partial charge < -0.3 is 23.7 Å². The summed E-state index contributed by atoms with van der Waals surface area (Å²) in [5.74, 6) is -3.17. The molecule has 5 atom stereocenters. The van der Waals surface area contributed by atoms with Crippen molar-refractivity contribution in [1.82, 2.24) is 0 Å². The summed E-state index contributed by atoms with van der Waals surface area (Å²) in [5.41, 5.74) is 0. The van der Waals surface area contributed by atoms with E-state index in [1.165, 1.54) is 27.0 Å². The lowest BCUT2D eigenvalue weighted by molar-refractivity contribution is -0.236. The van der Waals surface area contributed by atoms with Crippen molar-refractivity contribution >= 4 is 28.5 Å². The van der Waals surface area contributed by atoms with Crippen LogP contribution >= 0.6 is 0 Å². The maximum atomic E-state index is 13.1. The van der Waals surface area contributed by atoms with Crippen LogP contribution in [0.2, 0.25) is 0 Å². The van der Waals surface area contributed by atoms with Gasteiger partial charge in [0.15, 0.2) is 11.9 Å². The fourth-order valence-corrected chi connectivity index (χ4v) is 5.36. The van der Waals surface area contributed by atoms with Crippen LogP contribution in [0, 0.1) is 11.8 Å². The van der Waals surface area contributed by atoms with Gasteiger partial charge in [0, 0.05) is 33.5 Å². The molecule has 0 unspecified atom stereocenters. The van der Waals surface area contributed by atoms with Crippen molar-refractivity contribution in [3.63, 3.8) is 0 Å². The molecule has 33 heavy (non-hydrogen) atoms. The summed E-state index contributed by atoms with van der Waals surface area (Å²) in [4.78, 5) is 37.1. The summed E-state index contributed by atoms with van der Waals surface area (Å²) in [7, 11) is 1.50. The molecule has 172 valence electrons. The van der Waals surface area contributed by atoms with Crippen LogP contribution in [0.1, 0.15) is 20.3 Å². The van der Waals surface area contributed by atoms with E-state index in [2.05, 4.69) is 0 Å². The highest BCUT2D eigenvalue weighted by Crippen LogP contribution is 2.52. The van der Waals surface area contributed by atoms with Gasteiger partial charge in [-0.2, -0.15) is 0 Å². The summed E-state index contributed by atoms with van der Waals surface area (Å²) in [6.07, 6.45) is 0.760. The van der Waals surface area contributed by atoms with Gasteiger partial charge in [-0.05, 0) is 23.6 Å². The highest BCUT2D eigenvalue weighted by molar-refractivity contribution is 5.96. The van der Waals surface area contributed by atoms with Gasteiger partial charge in [-0.25, -0.2) is 0 Å². The van der Waals surface area contributed by atoms with Gasteiger partial charge in [0.05, 0.1) is 23.3 Å². The maximum Gasteiger partial charge on any atom is 0.303 e. The van der Waals surface area contributed by atoms with Gasteiger partial charge in [0.1, 0.15) is 17.6 Å². The Kier molecular flexibility index (Phi) is 5.12. The first-order chi connectivity index (χ1) is 15.8. The Morgan fingerprint density at radius 1 is 0.970 bits per heavy atom. The van der Waals surface area contributed by atoms with Crippen LogP contribution in [0.25, 0.3) is 10.8 Å². The van der Waals surface area contributed by atoms with E-state index in [-0.39, 0.29) is 12.2 Å². The van der Waals surface area contributed by atoms with Crippen molar-refractivity contribution in [3.05, 3.63) is 48.6 Å². The Balaban J connectivity index is 1.67. The van der Waals surface area contributed by atoms with Crippen LogP contribution in [0.3, 0.4) is 0 Å². The summed E-state index contributed by atoms with van der Waals surface area (Å²) < 4.78 is 29.8. The normalized spacial score (nSPS) is 29.1. The Bertz CT molecular complexity index is 1130. The van der Waals surface area contributed by atoms with Gasteiger partial charge in [0.25, 0.3) is 5.79 Å². The van der Waals surface area contributed by atoms with Crippen molar-refractivity contribution in [2.75, 3.05) is 7.11 Å². The highest BCUT2D eigenvalue weighted by Gasteiger charge is 2.63. The zero-order chi connectivity index (χ0) is 23.3. The molecule has 1 heterocycles. The molecule has 2 aromatic rings. The molecule has 0 amide bonds. The summed E-state index contributed by atoms with van der Waals surface area (Å²) in [6.45, 7) is 2.55. The lowest BCUT2D eigenvalue weighted by Gasteiger charge is -2.52. The van der Waals surface area contributed by atoms with Crippen LogP contribution in [0.15, 0.2) is 48.6 Å². The number of esters is 2. The molecule has 0 saturated heterocycles. The van der Waals surface area contributed by atoms with Gasteiger partial charge in [-0.15, -0.1) is 0 Å². The van der Waals surface area contributed by atoms with E-state index >= 15 is 0 Å². The monoisotopic (exact) mass is 452 g/mol. The SMILES string of the molecule is CO[C@H]1C[C@H](OC(C)=O)[C@H](OC(C)=O)[C@@H]2[C@H]1C(=O)C=CC21Oc2cccc3cccc(c23)O1. The number of hydrogen-bond acceptors (Lipinski definition) is 8. The summed E-state index contributed by atoms with van der Waals surface area (Å²) >= 11 is 0. The average molecular weight is 452 g/mol. The molecular weight excluding hydrogens is 428 g/mol. The summed E-state index contributed by atoms with van der Waals surface area (Å²) in [6, 6.07) is 11.3. The molecule has 8 heteroatoms. The third kappa shape index (κ3) is 3.45. The molecule has 0 radical (unpaired) electrons. The number of ketones is 1. The van der Waals surface area contributed by atoms with Crippen molar-refractivity contribution in [3.8, 4) is 11.5 Å². The molecule has 0 aromatic heterocycles. The third-order valence-corrected chi connectivity index (χ3v) is 6.53. The lowest BCUT2D eigenvalue weighted by atomic mass is 9.65. The largest absolute Gasteiger partial charge is 0.458 e. The number of fused-ring (bicyclic) bond motifs is 2. The number of ether oxygens (including phenoxy) is 5. The molecule has 1 spiro atoms. The molecule has 1 aliphatic heterocycles. The van der Waals surface area contributed by atoms with Gasteiger partial charge in [-0.3, -0.25) is 14.4 Å². The maximum absolute atomic E-state index is 13.1. The van der Waals surface area contributed by atoms with E-state index < -0.39 is 47.9 Å². The summed E-state index contributed by atoms with van der Waals surface area (Å²) in [5, 5.41) is 1.76. The number of allylic oxidation sites excluding steroid dienone is 1. The van der Waals surface area contributed by atoms with Crippen LogP contribution in [-0.4, -0.2) is 48.9 Å². The molecule has 0 bridgehead atoms. The number of carbonyl (C=O) groups is 3. The molecular formula is C25H24O8. The number of benzene rings is 2. The molecule has 0 N–H and O–H groups in total. The third-order valence-electron chi connectivity index (χ3n) is 6.53. The van der Waals surface area contributed by atoms with Crippen LogP contribution < -0.4 is 9.47 Å². The number of rotatable bonds is 3. The zero-order valence-corrected chi connectivity index (χ0v) is 18.5. The predicted molar refractivity (Wildman–Crippen MR) is 116 cm³/mol. The van der Waals surface area contributed by atoms with Gasteiger partial charge in [-0.1, -0.05) is 24.3 Å². The van der Waals surface area contributed by atoms with E-state index in [4.69, 9.17) is 23.7 Å². The first-order valence-corrected chi connectivity index (χ1v) is 10.8. The predicted octanol–water partition coefficient (Wildman–Crippen LogP) is 2.96. The fourth-order valence-electron chi connectivity index (χ4n) is 5.36. The Hall–Kier alpha value is -3.39. The molecule has 1 fully saturated rings. The second-order valence-corrected chi connectivity index (χ2v) is 8.55. The zero-order valence-electron chi connectivity index (χ0n) is 18.5. The van der Waals surface area contributed by atoms with E-state index in [1.54, 1.807) is 6.08 Å². The molecule has 8 nitrogen and oxygen atoms in total. The van der Waals surface area contributed by atoms with Gasteiger partial charge >= 0.3 is 11.9 Å². The second-order valence-electron chi connectivity index (χ2n) is 8.55. The number of methoxy groups -OCH3 is 1. The first kappa shape index (κ1) is 21.5. The van der Waals surface area contributed by atoms with E-state index in [0.29, 0.717) is 11.5 Å². The van der Waals surface area contributed by atoms with Crippen molar-refractivity contribution in [2.24, 2.45) is 11.8 Å². The minimum absolute atomic E-state index is 0.191. The first-order valence-electron chi connectivity index (χ1n) is 10.8. The second kappa shape index (κ2) is 7.88. The van der Waals surface area contributed by atoms with Gasteiger partial charge in [0.2, 0.25) is 0 Å².